The molecule has 1 saturated heterocycles. The van der Waals surface area contributed by atoms with Gasteiger partial charge in [-0.3, -0.25) is 4.79 Å². The number of ether oxygens (including phenoxy) is 4. The third-order valence-corrected chi connectivity index (χ3v) is 3.66. The molecular formula is C20H30O5. The summed E-state index contributed by atoms with van der Waals surface area (Å²) in [4.78, 5) is 12.1. The quantitative estimate of drug-likeness (QED) is 0.730. The Hall–Kier alpha value is -1.43. The second kappa shape index (κ2) is 8.30. The molecule has 2 unspecified atom stereocenters. The third kappa shape index (κ3) is 7.55. The van der Waals surface area contributed by atoms with Gasteiger partial charge in [-0.2, -0.15) is 0 Å². The normalized spacial score (nSPS) is 23.2. The monoisotopic (exact) mass is 350 g/mol. The van der Waals surface area contributed by atoms with E-state index in [2.05, 4.69) is 0 Å². The molecule has 1 aromatic carbocycles. The van der Waals surface area contributed by atoms with Crippen molar-refractivity contribution in [1.29, 1.82) is 0 Å². The highest BCUT2D eigenvalue weighted by atomic mass is 16.7. The highest BCUT2D eigenvalue weighted by Gasteiger charge is 2.37. The minimum Gasteiger partial charge on any atom is -0.460 e. The molecule has 2 atom stereocenters. The standard InChI is InChI=1S/C20H30O5/c1-19(2,3)25-18(21)12-16-11-17(24-20(4,5)23-16)14-22-13-15-9-7-6-8-10-15/h6-10,16-17H,11-14H2,1-5H3. The Labute approximate surface area is 150 Å². The average Bonchev–Trinajstić information content (AvgIpc) is 2.44. The van der Waals surface area contributed by atoms with Crippen LogP contribution < -0.4 is 0 Å². The highest BCUT2D eigenvalue weighted by Crippen LogP contribution is 2.29. The Morgan fingerprint density at radius 1 is 1.16 bits per heavy atom. The zero-order chi connectivity index (χ0) is 18.5. The van der Waals surface area contributed by atoms with Crippen molar-refractivity contribution in [2.24, 2.45) is 0 Å². The van der Waals surface area contributed by atoms with Crippen molar-refractivity contribution < 1.29 is 23.7 Å². The predicted molar refractivity (Wildman–Crippen MR) is 95.0 cm³/mol. The van der Waals surface area contributed by atoms with Crippen LogP contribution in [0.1, 0.15) is 53.0 Å². The summed E-state index contributed by atoms with van der Waals surface area (Å²) in [6.45, 7) is 10.3. The first-order chi connectivity index (χ1) is 11.6. The summed E-state index contributed by atoms with van der Waals surface area (Å²) >= 11 is 0. The van der Waals surface area contributed by atoms with E-state index in [1.807, 2.05) is 65.0 Å². The molecule has 0 saturated carbocycles. The summed E-state index contributed by atoms with van der Waals surface area (Å²) in [6, 6.07) is 10.0. The summed E-state index contributed by atoms with van der Waals surface area (Å²) in [7, 11) is 0. The first-order valence-electron chi connectivity index (χ1n) is 8.82. The number of rotatable bonds is 6. The van der Waals surface area contributed by atoms with Gasteiger partial charge in [0.2, 0.25) is 0 Å². The molecule has 5 heteroatoms. The second-order valence-corrected chi connectivity index (χ2v) is 7.91. The Bertz CT molecular complexity index is 547. The maximum atomic E-state index is 12.1. The van der Waals surface area contributed by atoms with E-state index in [1.165, 1.54) is 0 Å². The molecule has 1 aliphatic heterocycles. The maximum Gasteiger partial charge on any atom is 0.308 e. The van der Waals surface area contributed by atoms with Gasteiger partial charge in [-0.25, -0.2) is 0 Å². The molecule has 1 heterocycles. The maximum absolute atomic E-state index is 12.1. The van der Waals surface area contributed by atoms with Crippen LogP contribution >= 0.6 is 0 Å². The van der Waals surface area contributed by atoms with Crippen molar-refractivity contribution in [3.05, 3.63) is 35.9 Å². The van der Waals surface area contributed by atoms with Crippen molar-refractivity contribution >= 4 is 5.97 Å². The molecule has 0 aromatic heterocycles. The molecule has 1 aromatic rings. The van der Waals surface area contributed by atoms with Gasteiger partial charge in [0, 0.05) is 6.42 Å². The number of esters is 1. The lowest BCUT2D eigenvalue weighted by atomic mass is 10.1. The fourth-order valence-corrected chi connectivity index (χ4v) is 2.90. The minimum absolute atomic E-state index is 0.111. The Morgan fingerprint density at radius 2 is 1.80 bits per heavy atom. The summed E-state index contributed by atoms with van der Waals surface area (Å²) in [6.07, 6.45) is 0.486. The molecule has 1 fully saturated rings. The molecule has 0 N–H and O–H groups in total. The van der Waals surface area contributed by atoms with Crippen LogP contribution in [0.3, 0.4) is 0 Å². The van der Waals surface area contributed by atoms with E-state index < -0.39 is 11.4 Å². The first-order valence-corrected chi connectivity index (χ1v) is 8.82. The van der Waals surface area contributed by atoms with Gasteiger partial charge in [-0.15, -0.1) is 0 Å². The highest BCUT2D eigenvalue weighted by molar-refractivity contribution is 5.70. The van der Waals surface area contributed by atoms with Crippen LogP contribution in [0.25, 0.3) is 0 Å². The first kappa shape index (κ1) is 19.9. The van der Waals surface area contributed by atoms with Crippen LogP contribution in [0, 0.1) is 0 Å². The minimum atomic E-state index is -0.744. The van der Waals surface area contributed by atoms with E-state index in [9.17, 15) is 4.79 Å². The molecule has 0 spiro atoms. The molecule has 140 valence electrons. The Balaban J connectivity index is 1.84. The van der Waals surface area contributed by atoms with E-state index in [-0.39, 0.29) is 24.6 Å². The van der Waals surface area contributed by atoms with Crippen molar-refractivity contribution in [3.63, 3.8) is 0 Å². The van der Waals surface area contributed by atoms with Crippen LogP contribution in [0.4, 0.5) is 0 Å². The van der Waals surface area contributed by atoms with Gasteiger partial charge in [0.15, 0.2) is 5.79 Å². The van der Waals surface area contributed by atoms with E-state index in [1.54, 1.807) is 0 Å². The van der Waals surface area contributed by atoms with Gasteiger partial charge in [0.25, 0.3) is 0 Å². The lowest BCUT2D eigenvalue weighted by Crippen LogP contribution is -2.47. The zero-order valence-electron chi connectivity index (χ0n) is 15.9. The summed E-state index contributed by atoms with van der Waals surface area (Å²) < 4.78 is 23.0. The molecule has 5 nitrogen and oxygen atoms in total. The van der Waals surface area contributed by atoms with Crippen molar-refractivity contribution in [2.75, 3.05) is 6.61 Å². The van der Waals surface area contributed by atoms with Gasteiger partial charge in [-0.1, -0.05) is 30.3 Å². The molecule has 25 heavy (non-hydrogen) atoms. The smallest absolute Gasteiger partial charge is 0.308 e. The Morgan fingerprint density at radius 3 is 2.44 bits per heavy atom. The van der Waals surface area contributed by atoms with Crippen molar-refractivity contribution in [3.8, 4) is 0 Å². The van der Waals surface area contributed by atoms with Gasteiger partial charge in [-0.05, 0) is 40.2 Å². The summed E-state index contributed by atoms with van der Waals surface area (Å²) in [5.74, 6) is -0.995. The lowest BCUT2D eigenvalue weighted by Gasteiger charge is -2.40. The Kier molecular flexibility index (Phi) is 6.60. The lowest BCUT2D eigenvalue weighted by molar-refractivity contribution is -0.306. The van der Waals surface area contributed by atoms with E-state index in [0.717, 1.165) is 5.56 Å². The largest absolute Gasteiger partial charge is 0.460 e. The van der Waals surface area contributed by atoms with Crippen molar-refractivity contribution in [2.45, 2.75) is 77.7 Å². The summed E-state index contributed by atoms with van der Waals surface area (Å²) in [5.41, 5.74) is 0.634. The van der Waals surface area contributed by atoms with Crippen LogP contribution in [0.2, 0.25) is 0 Å². The number of hydrogen-bond donors (Lipinski definition) is 0. The molecule has 0 bridgehead atoms. The fraction of sp³-hybridized carbons (Fsp3) is 0.650. The van der Waals surface area contributed by atoms with Gasteiger partial charge >= 0.3 is 5.97 Å². The van der Waals surface area contributed by atoms with Crippen molar-refractivity contribution in [1.82, 2.24) is 0 Å². The predicted octanol–water partition coefficient (Wildman–Crippen LogP) is 3.85. The van der Waals surface area contributed by atoms with Gasteiger partial charge in [0.1, 0.15) is 5.60 Å². The SMILES string of the molecule is CC(C)(C)OC(=O)CC1CC(COCc2ccccc2)OC(C)(C)O1. The van der Waals surface area contributed by atoms with Crippen LogP contribution in [-0.4, -0.2) is 36.2 Å². The number of hydrogen-bond acceptors (Lipinski definition) is 5. The molecule has 0 amide bonds. The summed E-state index contributed by atoms with van der Waals surface area (Å²) in [5, 5.41) is 0. The van der Waals surface area contributed by atoms with Crippen LogP contribution in [0.15, 0.2) is 30.3 Å². The number of benzene rings is 1. The molecular weight excluding hydrogens is 320 g/mol. The van der Waals surface area contributed by atoms with E-state index >= 15 is 0 Å². The molecule has 1 aliphatic rings. The van der Waals surface area contributed by atoms with Gasteiger partial charge < -0.3 is 18.9 Å². The van der Waals surface area contributed by atoms with Crippen LogP contribution in [-0.2, 0) is 30.3 Å². The number of carbonyl (C=O) groups is 1. The topological polar surface area (TPSA) is 54.0 Å². The van der Waals surface area contributed by atoms with E-state index in [0.29, 0.717) is 19.6 Å². The average molecular weight is 350 g/mol. The molecule has 2 rings (SSSR count). The zero-order valence-corrected chi connectivity index (χ0v) is 15.9. The number of carbonyl (C=O) groups excluding carboxylic acids is 1. The van der Waals surface area contributed by atoms with E-state index in [4.69, 9.17) is 18.9 Å². The van der Waals surface area contributed by atoms with Crippen LogP contribution in [0.5, 0.6) is 0 Å². The third-order valence-electron chi connectivity index (χ3n) is 3.66. The van der Waals surface area contributed by atoms with Gasteiger partial charge in [0.05, 0.1) is 31.8 Å². The fourth-order valence-electron chi connectivity index (χ4n) is 2.90. The molecule has 0 radical (unpaired) electrons. The molecule has 0 aliphatic carbocycles. The second-order valence-electron chi connectivity index (χ2n) is 7.91.